The highest BCUT2D eigenvalue weighted by Gasteiger charge is 2.18. The number of benzene rings is 2. The van der Waals surface area contributed by atoms with Gasteiger partial charge in [0.25, 0.3) is 11.6 Å². The molecule has 1 heterocycles. The van der Waals surface area contributed by atoms with Crippen LogP contribution in [0.25, 0.3) is 17.5 Å². The lowest BCUT2D eigenvalue weighted by atomic mass is 10.1. The van der Waals surface area contributed by atoms with Gasteiger partial charge in [-0.25, -0.2) is 4.79 Å². The van der Waals surface area contributed by atoms with Crippen molar-refractivity contribution < 1.29 is 18.9 Å². The van der Waals surface area contributed by atoms with E-state index < -0.39 is 17.0 Å². The summed E-state index contributed by atoms with van der Waals surface area (Å²) in [5, 5.41) is 18.5. The summed E-state index contributed by atoms with van der Waals surface area (Å²) < 4.78 is 10.8. The SMILES string of the molecule is Cc1ccc(/C=C/C(=O)O[C@H](C)c2nnc(-c3ccc([N+](=O)[O-])cc3)o2)cc1. The Labute approximate surface area is 160 Å². The van der Waals surface area contributed by atoms with E-state index in [1.165, 1.54) is 30.3 Å². The van der Waals surface area contributed by atoms with Crippen molar-refractivity contribution in [1.29, 1.82) is 0 Å². The average molecular weight is 379 g/mol. The maximum absolute atomic E-state index is 12.0. The number of hydrogen-bond acceptors (Lipinski definition) is 7. The van der Waals surface area contributed by atoms with Crippen molar-refractivity contribution in [3.8, 4) is 11.5 Å². The number of aromatic nitrogens is 2. The van der Waals surface area contributed by atoms with Gasteiger partial charge >= 0.3 is 5.97 Å². The van der Waals surface area contributed by atoms with Gasteiger partial charge < -0.3 is 9.15 Å². The monoisotopic (exact) mass is 379 g/mol. The van der Waals surface area contributed by atoms with Crippen LogP contribution in [0.4, 0.5) is 5.69 Å². The Morgan fingerprint density at radius 2 is 1.82 bits per heavy atom. The third kappa shape index (κ3) is 4.67. The van der Waals surface area contributed by atoms with Gasteiger partial charge in [-0.1, -0.05) is 29.8 Å². The fourth-order valence-corrected chi connectivity index (χ4v) is 2.35. The predicted molar refractivity (Wildman–Crippen MR) is 101 cm³/mol. The van der Waals surface area contributed by atoms with Gasteiger partial charge in [0, 0.05) is 23.8 Å². The summed E-state index contributed by atoms with van der Waals surface area (Å²) >= 11 is 0. The number of nitro groups is 1. The Bertz CT molecular complexity index is 1010. The highest BCUT2D eigenvalue weighted by Crippen LogP contribution is 2.24. The van der Waals surface area contributed by atoms with Crippen LogP contribution in [0.2, 0.25) is 0 Å². The van der Waals surface area contributed by atoms with Crippen molar-refractivity contribution in [2.75, 3.05) is 0 Å². The number of nitro benzene ring substituents is 1. The lowest BCUT2D eigenvalue weighted by Crippen LogP contribution is -2.06. The van der Waals surface area contributed by atoms with E-state index in [1.807, 2.05) is 31.2 Å². The van der Waals surface area contributed by atoms with Crippen molar-refractivity contribution >= 4 is 17.7 Å². The van der Waals surface area contributed by atoms with Crippen molar-refractivity contribution in [2.24, 2.45) is 0 Å². The number of rotatable bonds is 6. The van der Waals surface area contributed by atoms with Crippen LogP contribution in [0.5, 0.6) is 0 Å². The molecule has 0 saturated carbocycles. The first-order valence-electron chi connectivity index (χ1n) is 8.46. The maximum Gasteiger partial charge on any atom is 0.331 e. The molecule has 28 heavy (non-hydrogen) atoms. The lowest BCUT2D eigenvalue weighted by Gasteiger charge is -2.06. The van der Waals surface area contributed by atoms with Gasteiger partial charge in [-0.05, 0) is 37.6 Å². The van der Waals surface area contributed by atoms with E-state index in [0.717, 1.165) is 11.1 Å². The molecule has 0 radical (unpaired) electrons. The summed E-state index contributed by atoms with van der Waals surface area (Å²) in [6.45, 7) is 3.60. The van der Waals surface area contributed by atoms with Crippen LogP contribution in [-0.4, -0.2) is 21.1 Å². The molecule has 0 aliphatic heterocycles. The molecule has 0 bridgehead atoms. The molecule has 0 amide bonds. The second-order valence-electron chi connectivity index (χ2n) is 6.07. The molecule has 1 atom stereocenters. The quantitative estimate of drug-likeness (QED) is 0.272. The van der Waals surface area contributed by atoms with Crippen LogP contribution in [-0.2, 0) is 9.53 Å². The molecule has 142 valence electrons. The van der Waals surface area contributed by atoms with Gasteiger partial charge in [0.2, 0.25) is 5.89 Å². The van der Waals surface area contributed by atoms with Crippen LogP contribution in [0.1, 0.15) is 30.0 Å². The molecule has 0 unspecified atom stereocenters. The second-order valence-corrected chi connectivity index (χ2v) is 6.07. The summed E-state index contributed by atoms with van der Waals surface area (Å²) in [6, 6.07) is 13.4. The molecular weight excluding hydrogens is 362 g/mol. The molecule has 2 aromatic carbocycles. The van der Waals surface area contributed by atoms with E-state index in [4.69, 9.17) is 9.15 Å². The number of esters is 1. The smallest absolute Gasteiger partial charge is 0.331 e. The van der Waals surface area contributed by atoms with E-state index >= 15 is 0 Å². The minimum absolute atomic E-state index is 0.0360. The molecule has 0 spiro atoms. The van der Waals surface area contributed by atoms with Crippen LogP contribution in [0, 0.1) is 17.0 Å². The average Bonchev–Trinajstić information content (AvgIpc) is 3.18. The van der Waals surface area contributed by atoms with Gasteiger partial charge in [0.1, 0.15) is 0 Å². The number of ether oxygens (including phenoxy) is 1. The zero-order valence-corrected chi connectivity index (χ0v) is 15.2. The van der Waals surface area contributed by atoms with E-state index in [2.05, 4.69) is 10.2 Å². The Balaban J connectivity index is 1.63. The number of carbonyl (C=O) groups is 1. The number of non-ortho nitro benzene ring substituents is 1. The molecule has 8 nitrogen and oxygen atoms in total. The highest BCUT2D eigenvalue weighted by molar-refractivity contribution is 5.87. The number of aryl methyl sites for hydroxylation is 1. The molecule has 0 fully saturated rings. The third-order valence-electron chi connectivity index (χ3n) is 3.90. The van der Waals surface area contributed by atoms with Crippen LogP contribution >= 0.6 is 0 Å². The van der Waals surface area contributed by atoms with E-state index in [-0.39, 0.29) is 17.5 Å². The Kier molecular flexibility index (Phi) is 5.59. The summed E-state index contributed by atoms with van der Waals surface area (Å²) in [4.78, 5) is 22.2. The van der Waals surface area contributed by atoms with Crippen LogP contribution in [0.15, 0.2) is 59.0 Å². The molecule has 1 aromatic heterocycles. The lowest BCUT2D eigenvalue weighted by molar-refractivity contribution is -0.384. The van der Waals surface area contributed by atoms with E-state index in [1.54, 1.807) is 13.0 Å². The molecule has 3 aromatic rings. The second kappa shape index (κ2) is 8.26. The van der Waals surface area contributed by atoms with Crippen molar-refractivity contribution in [2.45, 2.75) is 20.0 Å². The van der Waals surface area contributed by atoms with Gasteiger partial charge in [0.15, 0.2) is 6.10 Å². The van der Waals surface area contributed by atoms with Crippen molar-refractivity contribution in [1.82, 2.24) is 10.2 Å². The minimum Gasteiger partial charge on any atom is -0.449 e. The standard InChI is InChI=1S/C20H17N3O5/c1-13-3-5-15(6-4-13)7-12-18(24)27-14(2)19-21-22-20(28-19)16-8-10-17(11-9-16)23(25)26/h3-12,14H,1-2H3/b12-7+/t14-/m1/s1. The summed E-state index contributed by atoms with van der Waals surface area (Å²) in [7, 11) is 0. The Morgan fingerprint density at radius 1 is 1.14 bits per heavy atom. The Morgan fingerprint density at radius 3 is 2.46 bits per heavy atom. The van der Waals surface area contributed by atoms with Crippen molar-refractivity contribution in [3.63, 3.8) is 0 Å². The van der Waals surface area contributed by atoms with Gasteiger partial charge in [0.05, 0.1) is 4.92 Å². The fourth-order valence-electron chi connectivity index (χ4n) is 2.35. The van der Waals surface area contributed by atoms with Crippen LogP contribution < -0.4 is 0 Å². The van der Waals surface area contributed by atoms with E-state index in [9.17, 15) is 14.9 Å². The van der Waals surface area contributed by atoms with Gasteiger partial charge in [-0.3, -0.25) is 10.1 Å². The predicted octanol–water partition coefficient (Wildman–Crippen LogP) is 4.27. The largest absolute Gasteiger partial charge is 0.449 e. The number of hydrogen-bond donors (Lipinski definition) is 0. The molecule has 8 heteroatoms. The minimum atomic E-state index is -0.741. The zero-order chi connectivity index (χ0) is 20.1. The molecule has 0 aliphatic rings. The summed E-state index contributed by atoms with van der Waals surface area (Å²) in [6.07, 6.45) is 2.24. The molecule has 0 N–H and O–H groups in total. The maximum atomic E-state index is 12.0. The van der Waals surface area contributed by atoms with E-state index in [0.29, 0.717) is 5.56 Å². The summed E-state index contributed by atoms with van der Waals surface area (Å²) in [5.74, 6) is -0.225. The number of nitrogens with zero attached hydrogens (tertiary/aromatic N) is 3. The molecular formula is C20H17N3O5. The summed E-state index contributed by atoms with van der Waals surface area (Å²) in [5.41, 5.74) is 2.51. The first-order chi connectivity index (χ1) is 13.4. The van der Waals surface area contributed by atoms with Crippen LogP contribution in [0.3, 0.4) is 0 Å². The molecule has 3 rings (SSSR count). The highest BCUT2D eigenvalue weighted by atomic mass is 16.6. The topological polar surface area (TPSA) is 108 Å². The Hall–Kier alpha value is -3.81. The molecule has 0 saturated heterocycles. The van der Waals surface area contributed by atoms with Crippen molar-refractivity contribution in [3.05, 3.63) is 81.7 Å². The third-order valence-corrected chi connectivity index (χ3v) is 3.90. The number of carbonyl (C=O) groups excluding carboxylic acids is 1. The van der Waals surface area contributed by atoms with Gasteiger partial charge in [-0.2, -0.15) is 0 Å². The fraction of sp³-hybridized carbons (Fsp3) is 0.150. The van der Waals surface area contributed by atoms with Gasteiger partial charge in [-0.15, -0.1) is 10.2 Å². The first kappa shape index (κ1) is 19.0. The molecule has 0 aliphatic carbocycles. The first-order valence-corrected chi connectivity index (χ1v) is 8.46. The zero-order valence-electron chi connectivity index (χ0n) is 15.2. The normalized spacial score (nSPS) is 12.1.